The molecule has 2 aliphatic rings. The third-order valence-corrected chi connectivity index (χ3v) is 5.05. The van der Waals surface area contributed by atoms with Crippen molar-refractivity contribution in [3.8, 4) is 11.9 Å². The molecule has 1 aromatic heterocycles. The zero-order valence-electron chi connectivity index (χ0n) is 13.2. The van der Waals surface area contributed by atoms with Crippen molar-refractivity contribution in [1.82, 2.24) is 9.88 Å². The number of aromatic nitrogens is 1. The summed E-state index contributed by atoms with van der Waals surface area (Å²) in [6.07, 6.45) is 9.79. The summed E-state index contributed by atoms with van der Waals surface area (Å²) in [4.78, 5) is 6.80. The number of nitriles is 1. The number of likely N-dealkylation sites (tertiary alicyclic amines) is 1. The second-order valence-electron chi connectivity index (χ2n) is 6.67. The minimum atomic E-state index is 0.485. The maximum atomic E-state index is 9.05. The van der Waals surface area contributed by atoms with Crippen LogP contribution >= 0.6 is 0 Å². The molecule has 1 aliphatic carbocycles. The maximum absolute atomic E-state index is 9.05. The van der Waals surface area contributed by atoms with Crippen molar-refractivity contribution in [1.29, 1.82) is 5.26 Å². The molecular formula is C18H25N3O. The van der Waals surface area contributed by atoms with Crippen LogP contribution in [0.25, 0.3) is 0 Å². The van der Waals surface area contributed by atoms with Gasteiger partial charge in [-0.15, -0.1) is 0 Å². The minimum Gasteiger partial charge on any atom is -0.476 e. The Hall–Kier alpha value is -1.60. The van der Waals surface area contributed by atoms with Crippen LogP contribution in [0.2, 0.25) is 0 Å². The smallest absolute Gasteiger partial charge is 0.231 e. The third kappa shape index (κ3) is 3.98. The standard InChI is InChI=1S/C18H25N3O/c19-12-17-6-3-9-20-18(17)22-14-16-7-10-21(11-8-16)13-15-4-1-2-5-15/h3,6,9,15-16H,1-2,4-5,7-8,10-11,13-14H2. The van der Waals surface area contributed by atoms with Gasteiger partial charge in [0.1, 0.15) is 11.6 Å². The average Bonchev–Trinajstić information content (AvgIpc) is 3.07. The Morgan fingerprint density at radius 1 is 1.18 bits per heavy atom. The van der Waals surface area contributed by atoms with Gasteiger partial charge in [-0.1, -0.05) is 12.8 Å². The number of hydrogen-bond donors (Lipinski definition) is 0. The van der Waals surface area contributed by atoms with Gasteiger partial charge in [-0.3, -0.25) is 0 Å². The van der Waals surface area contributed by atoms with Gasteiger partial charge in [0.15, 0.2) is 0 Å². The fourth-order valence-corrected chi connectivity index (χ4v) is 3.68. The molecule has 2 fully saturated rings. The van der Waals surface area contributed by atoms with Gasteiger partial charge in [-0.25, -0.2) is 4.98 Å². The van der Waals surface area contributed by atoms with Crippen LogP contribution in [-0.2, 0) is 0 Å². The molecule has 0 bridgehead atoms. The highest BCUT2D eigenvalue weighted by atomic mass is 16.5. The molecule has 1 aliphatic heterocycles. The highest BCUT2D eigenvalue weighted by Crippen LogP contribution is 2.27. The normalized spacial score (nSPS) is 20.9. The molecule has 0 atom stereocenters. The number of hydrogen-bond acceptors (Lipinski definition) is 4. The molecule has 0 amide bonds. The van der Waals surface area contributed by atoms with Gasteiger partial charge >= 0.3 is 0 Å². The molecule has 118 valence electrons. The van der Waals surface area contributed by atoms with Gasteiger partial charge < -0.3 is 9.64 Å². The Morgan fingerprint density at radius 2 is 1.95 bits per heavy atom. The second-order valence-corrected chi connectivity index (χ2v) is 6.67. The first-order chi connectivity index (χ1) is 10.8. The SMILES string of the molecule is N#Cc1cccnc1OCC1CCN(CC2CCCC2)CC1. The average molecular weight is 299 g/mol. The van der Waals surface area contributed by atoms with Crippen molar-refractivity contribution >= 4 is 0 Å². The molecular weight excluding hydrogens is 274 g/mol. The topological polar surface area (TPSA) is 49.1 Å². The van der Waals surface area contributed by atoms with Crippen molar-refractivity contribution in [2.75, 3.05) is 26.2 Å². The monoisotopic (exact) mass is 299 g/mol. The lowest BCUT2D eigenvalue weighted by atomic mass is 9.96. The van der Waals surface area contributed by atoms with Crippen molar-refractivity contribution < 1.29 is 4.74 Å². The van der Waals surface area contributed by atoms with E-state index >= 15 is 0 Å². The number of ether oxygens (including phenoxy) is 1. The van der Waals surface area contributed by atoms with Crippen LogP contribution < -0.4 is 4.74 Å². The Morgan fingerprint density at radius 3 is 2.68 bits per heavy atom. The fraction of sp³-hybridized carbons (Fsp3) is 0.667. The summed E-state index contributed by atoms with van der Waals surface area (Å²) in [5.74, 6) is 2.02. The Labute approximate surface area is 133 Å². The summed E-state index contributed by atoms with van der Waals surface area (Å²) in [6, 6.07) is 5.66. The molecule has 0 radical (unpaired) electrons. The first kappa shape index (κ1) is 15.3. The Bertz CT molecular complexity index is 511. The van der Waals surface area contributed by atoms with Gasteiger partial charge in [-0.2, -0.15) is 5.26 Å². The first-order valence-electron chi connectivity index (χ1n) is 8.55. The quantitative estimate of drug-likeness (QED) is 0.837. The van der Waals surface area contributed by atoms with E-state index in [9.17, 15) is 0 Å². The predicted octanol–water partition coefficient (Wildman–Crippen LogP) is 3.23. The summed E-state index contributed by atoms with van der Waals surface area (Å²) < 4.78 is 5.78. The zero-order valence-corrected chi connectivity index (χ0v) is 13.2. The lowest BCUT2D eigenvalue weighted by Crippen LogP contribution is -2.38. The second kappa shape index (κ2) is 7.60. The van der Waals surface area contributed by atoms with E-state index in [0.29, 0.717) is 24.0 Å². The number of piperidine rings is 1. The molecule has 1 saturated carbocycles. The lowest BCUT2D eigenvalue weighted by Gasteiger charge is -2.33. The molecule has 4 heteroatoms. The van der Waals surface area contributed by atoms with E-state index in [-0.39, 0.29) is 0 Å². The van der Waals surface area contributed by atoms with E-state index in [4.69, 9.17) is 10.00 Å². The number of rotatable bonds is 5. The molecule has 0 unspecified atom stereocenters. The molecule has 4 nitrogen and oxygen atoms in total. The predicted molar refractivity (Wildman–Crippen MR) is 85.6 cm³/mol. The van der Waals surface area contributed by atoms with Crippen molar-refractivity contribution in [2.24, 2.45) is 11.8 Å². The maximum Gasteiger partial charge on any atom is 0.231 e. The van der Waals surface area contributed by atoms with Crippen LogP contribution in [0.4, 0.5) is 0 Å². The van der Waals surface area contributed by atoms with Gasteiger partial charge in [0.25, 0.3) is 0 Å². The van der Waals surface area contributed by atoms with E-state index in [2.05, 4.69) is 16.0 Å². The van der Waals surface area contributed by atoms with Crippen LogP contribution in [0.1, 0.15) is 44.1 Å². The molecule has 0 aromatic carbocycles. The van der Waals surface area contributed by atoms with Gasteiger partial charge in [0.05, 0.1) is 6.61 Å². The van der Waals surface area contributed by atoms with Crippen molar-refractivity contribution in [3.63, 3.8) is 0 Å². The van der Waals surface area contributed by atoms with E-state index in [1.54, 1.807) is 18.3 Å². The molecule has 1 aromatic rings. The molecule has 0 N–H and O–H groups in total. The van der Waals surface area contributed by atoms with Crippen LogP contribution in [0.3, 0.4) is 0 Å². The van der Waals surface area contributed by atoms with Gasteiger partial charge in [-0.05, 0) is 62.7 Å². The van der Waals surface area contributed by atoms with Crippen LogP contribution in [-0.4, -0.2) is 36.1 Å². The van der Waals surface area contributed by atoms with Crippen LogP contribution in [0.5, 0.6) is 5.88 Å². The van der Waals surface area contributed by atoms with E-state index < -0.39 is 0 Å². The highest BCUT2D eigenvalue weighted by Gasteiger charge is 2.24. The van der Waals surface area contributed by atoms with Crippen LogP contribution in [0, 0.1) is 23.2 Å². The molecule has 2 heterocycles. The van der Waals surface area contributed by atoms with Crippen molar-refractivity contribution in [3.05, 3.63) is 23.9 Å². The fourth-order valence-electron chi connectivity index (χ4n) is 3.68. The molecule has 1 saturated heterocycles. The minimum absolute atomic E-state index is 0.485. The summed E-state index contributed by atoms with van der Waals surface area (Å²) in [6.45, 7) is 4.37. The lowest BCUT2D eigenvalue weighted by molar-refractivity contribution is 0.126. The number of nitrogens with zero attached hydrogens (tertiary/aromatic N) is 3. The Balaban J connectivity index is 1.41. The highest BCUT2D eigenvalue weighted by molar-refractivity contribution is 5.36. The first-order valence-corrected chi connectivity index (χ1v) is 8.55. The molecule has 3 rings (SSSR count). The van der Waals surface area contributed by atoms with Crippen LogP contribution in [0.15, 0.2) is 18.3 Å². The molecule has 0 spiro atoms. The summed E-state index contributed by atoms with van der Waals surface area (Å²) in [5, 5.41) is 9.05. The zero-order chi connectivity index (χ0) is 15.2. The number of pyridine rings is 1. The summed E-state index contributed by atoms with van der Waals surface area (Å²) >= 11 is 0. The van der Waals surface area contributed by atoms with E-state index in [0.717, 1.165) is 5.92 Å². The summed E-state index contributed by atoms with van der Waals surface area (Å²) in [7, 11) is 0. The van der Waals surface area contributed by atoms with E-state index in [1.807, 2.05) is 0 Å². The largest absolute Gasteiger partial charge is 0.476 e. The molecule has 22 heavy (non-hydrogen) atoms. The van der Waals surface area contributed by atoms with Gasteiger partial charge in [0.2, 0.25) is 5.88 Å². The van der Waals surface area contributed by atoms with E-state index in [1.165, 1.54) is 58.2 Å². The Kier molecular flexibility index (Phi) is 5.29. The van der Waals surface area contributed by atoms with Crippen molar-refractivity contribution in [2.45, 2.75) is 38.5 Å². The third-order valence-electron chi connectivity index (χ3n) is 5.05. The van der Waals surface area contributed by atoms with Gasteiger partial charge in [0, 0.05) is 12.7 Å². The summed E-state index contributed by atoms with van der Waals surface area (Å²) in [5.41, 5.74) is 0.529.